The van der Waals surface area contributed by atoms with Crippen LogP contribution in [0.15, 0.2) is 78.9 Å². The van der Waals surface area contributed by atoms with Crippen LogP contribution in [0.5, 0.6) is 0 Å². The number of hydrogen-bond donors (Lipinski definition) is 3. The van der Waals surface area contributed by atoms with Crippen LogP contribution >= 0.6 is 0 Å². The molecule has 2 bridgehead atoms. The van der Waals surface area contributed by atoms with Crippen molar-refractivity contribution in [1.29, 1.82) is 0 Å². The van der Waals surface area contributed by atoms with Crippen LogP contribution in [0.4, 0.5) is 0 Å². The molecule has 2 amide bonds. The van der Waals surface area contributed by atoms with Gasteiger partial charge in [-0.3, -0.25) is 19.2 Å². The van der Waals surface area contributed by atoms with Crippen LogP contribution in [0.3, 0.4) is 0 Å². The number of esters is 3. The number of carbonyl (C=O) groups is 5. The third-order valence-corrected chi connectivity index (χ3v) is 12.2. The Hall–Kier alpha value is -5.45. The molecule has 308 valence electrons. The van der Waals surface area contributed by atoms with Crippen molar-refractivity contribution in [3.05, 3.63) is 112 Å². The van der Waals surface area contributed by atoms with Crippen LogP contribution in [-0.2, 0) is 73.6 Å². The molecule has 1 spiro atoms. The summed E-state index contributed by atoms with van der Waals surface area (Å²) in [6.45, 7) is 3.85. The number of fused-ring (bicyclic) bond motifs is 5. The average Bonchev–Trinajstić information content (AvgIpc) is 3.96. The molecule has 9 rings (SSSR count). The highest BCUT2D eigenvalue weighted by Gasteiger charge is 2.76. The summed E-state index contributed by atoms with van der Waals surface area (Å²) in [6.07, 6.45) is -0.0996. The van der Waals surface area contributed by atoms with Gasteiger partial charge in [-0.1, -0.05) is 74.5 Å². The molecule has 3 N–H and O–H groups in total. The van der Waals surface area contributed by atoms with E-state index in [1.807, 2.05) is 36.4 Å². The normalized spacial score (nSPS) is 29.5. The summed E-state index contributed by atoms with van der Waals surface area (Å²) in [5, 5.41) is 16.3. The molecular weight excluding hydrogens is 762 g/mol. The molecule has 3 aromatic rings. The van der Waals surface area contributed by atoms with Gasteiger partial charge in [0.1, 0.15) is 36.4 Å². The van der Waals surface area contributed by atoms with Crippen LogP contribution in [0.2, 0.25) is 0 Å². The fourth-order valence-corrected chi connectivity index (χ4v) is 9.37. The highest BCUT2D eigenvalue weighted by molar-refractivity contribution is 5.95. The highest BCUT2D eigenvalue weighted by Crippen LogP contribution is 2.58. The zero-order valence-corrected chi connectivity index (χ0v) is 32.6. The number of aliphatic hydroxyl groups excluding tert-OH is 1. The van der Waals surface area contributed by atoms with Crippen LogP contribution < -0.4 is 10.6 Å². The minimum Gasteiger partial charge on any atom is -0.462 e. The Morgan fingerprint density at radius 1 is 0.915 bits per heavy atom. The molecule has 3 aromatic carbocycles. The first-order valence-electron chi connectivity index (χ1n) is 19.8. The van der Waals surface area contributed by atoms with E-state index in [-0.39, 0.29) is 45.2 Å². The van der Waals surface area contributed by atoms with Crippen molar-refractivity contribution in [2.75, 3.05) is 19.8 Å². The maximum Gasteiger partial charge on any atom is 0.348 e. The van der Waals surface area contributed by atoms with E-state index in [0.29, 0.717) is 29.5 Å². The molecule has 7 atom stereocenters. The van der Waals surface area contributed by atoms with Crippen molar-refractivity contribution in [1.82, 2.24) is 15.7 Å². The van der Waals surface area contributed by atoms with Gasteiger partial charge in [-0.05, 0) is 46.0 Å². The summed E-state index contributed by atoms with van der Waals surface area (Å²) in [6, 6.07) is 21.0. The molecule has 6 aliphatic rings. The minimum absolute atomic E-state index is 0.0661. The van der Waals surface area contributed by atoms with Crippen LogP contribution in [-0.4, -0.2) is 102 Å². The zero-order valence-electron chi connectivity index (χ0n) is 32.6. The van der Waals surface area contributed by atoms with Gasteiger partial charge in [-0.15, -0.1) is 0 Å². The number of amides is 2. The number of benzene rings is 3. The van der Waals surface area contributed by atoms with Gasteiger partial charge >= 0.3 is 17.9 Å². The molecule has 15 heteroatoms. The summed E-state index contributed by atoms with van der Waals surface area (Å²) in [4.78, 5) is 72.9. The summed E-state index contributed by atoms with van der Waals surface area (Å²) in [5.41, 5.74) is 2.64. The average molecular weight is 808 g/mol. The molecule has 4 saturated heterocycles. The molecular formula is C44H45N3O12. The second kappa shape index (κ2) is 15.0. The van der Waals surface area contributed by atoms with E-state index in [4.69, 9.17) is 33.6 Å². The number of nitrogens with one attached hydrogen (secondary N) is 2. The Balaban J connectivity index is 0.960. The van der Waals surface area contributed by atoms with E-state index in [0.717, 1.165) is 16.7 Å². The monoisotopic (exact) mass is 807 g/mol. The maximum absolute atomic E-state index is 14.8. The Kier molecular flexibility index (Phi) is 9.91. The first kappa shape index (κ1) is 39.0. The van der Waals surface area contributed by atoms with Crippen LogP contribution in [0.25, 0.3) is 6.08 Å². The topological polar surface area (TPSA) is 188 Å². The van der Waals surface area contributed by atoms with Crippen molar-refractivity contribution >= 4 is 35.8 Å². The summed E-state index contributed by atoms with van der Waals surface area (Å²) in [7, 11) is 0. The van der Waals surface area contributed by atoms with E-state index in [2.05, 4.69) is 10.6 Å². The van der Waals surface area contributed by atoms with Gasteiger partial charge in [0.15, 0.2) is 11.8 Å². The molecule has 0 aromatic heterocycles. The summed E-state index contributed by atoms with van der Waals surface area (Å²) >= 11 is 0. The first-order chi connectivity index (χ1) is 28.4. The number of hydroxylamine groups is 2. The Morgan fingerprint density at radius 3 is 2.37 bits per heavy atom. The molecule has 15 nitrogen and oxygen atoms in total. The van der Waals surface area contributed by atoms with E-state index < -0.39 is 77.0 Å². The number of hydrogen-bond acceptors (Lipinski definition) is 13. The van der Waals surface area contributed by atoms with Crippen LogP contribution in [0, 0.1) is 10.8 Å². The highest BCUT2D eigenvalue weighted by atomic mass is 16.8. The molecule has 59 heavy (non-hydrogen) atoms. The van der Waals surface area contributed by atoms with Gasteiger partial charge in [0, 0.05) is 49.4 Å². The van der Waals surface area contributed by atoms with E-state index in [9.17, 15) is 24.0 Å². The standard InChI is InChI=1S/C44H45N3O12/c1-42(2)24-54-40(52)37(42)56-32(49)15-14-25-10-12-26(13-11-25)23-47-35-39(51)55-31-21-44(35,41(53)46-22-27-6-5-9-28(18-27)38(50)45-16-17-48)36(59-47)34-33(31)57-43(58-34)19-29-7-3-4-8-30(29)20-43/h3-15,18,31,33-37,48H,16-17,19-24H2,1-2H3,(H,45,50)(H,46,53)/t31-,33+,34+,35+,36-,37+,44+/m1/s1. The third-order valence-electron chi connectivity index (χ3n) is 12.2. The SMILES string of the molecule is CC1(C)COC(=O)[C@@H]1OC(=O)C=Cc1ccc(CN2O[C@@H]3[C@H]4OC5(Cc6ccccc6C5)O[C@H]4[C@H]4C[C@]3(C(=O)NCc3cccc(C(=O)NCCO)c3)[C@@H]2C(=O)O4)cc1. The zero-order chi connectivity index (χ0) is 41.1. The van der Waals surface area contributed by atoms with Gasteiger partial charge in [0.25, 0.3) is 5.91 Å². The van der Waals surface area contributed by atoms with E-state index in [1.54, 1.807) is 56.3 Å². The van der Waals surface area contributed by atoms with Gasteiger partial charge < -0.3 is 39.4 Å². The van der Waals surface area contributed by atoms with Gasteiger partial charge in [-0.2, -0.15) is 5.06 Å². The van der Waals surface area contributed by atoms with Crippen molar-refractivity contribution in [2.45, 2.75) is 88.5 Å². The molecule has 4 aliphatic heterocycles. The summed E-state index contributed by atoms with van der Waals surface area (Å²) < 4.78 is 30.1. The first-order valence-corrected chi connectivity index (χ1v) is 19.8. The number of carbonyl (C=O) groups excluding carboxylic acids is 5. The Morgan fingerprint density at radius 2 is 1.66 bits per heavy atom. The smallest absolute Gasteiger partial charge is 0.348 e. The van der Waals surface area contributed by atoms with Crippen LogP contribution in [0.1, 0.15) is 58.4 Å². The quantitative estimate of drug-likeness (QED) is 0.146. The number of aliphatic hydroxyl groups is 1. The third kappa shape index (κ3) is 7.00. The van der Waals surface area contributed by atoms with Gasteiger partial charge in [0.05, 0.1) is 13.2 Å². The number of rotatable bonds is 11. The summed E-state index contributed by atoms with van der Waals surface area (Å²) in [5.74, 6) is -3.62. The van der Waals surface area contributed by atoms with E-state index in [1.165, 1.54) is 11.1 Å². The predicted octanol–water partition coefficient (Wildman–Crippen LogP) is 2.31. The lowest BCUT2D eigenvalue weighted by atomic mass is 9.62. The molecule has 4 heterocycles. The Labute approximate surface area is 339 Å². The predicted molar refractivity (Wildman–Crippen MR) is 205 cm³/mol. The van der Waals surface area contributed by atoms with Crippen molar-refractivity contribution in [3.63, 3.8) is 0 Å². The van der Waals surface area contributed by atoms with E-state index >= 15 is 0 Å². The number of ether oxygens (including phenoxy) is 5. The molecule has 0 radical (unpaired) electrons. The maximum atomic E-state index is 14.8. The lowest BCUT2D eigenvalue weighted by Gasteiger charge is -2.48. The fourth-order valence-electron chi connectivity index (χ4n) is 9.37. The molecule has 2 aliphatic carbocycles. The van der Waals surface area contributed by atoms with Gasteiger partial charge in [-0.25, -0.2) is 9.59 Å². The van der Waals surface area contributed by atoms with Crippen molar-refractivity contribution in [3.8, 4) is 0 Å². The largest absolute Gasteiger partial charge is 0.462 e. The lowest BCUT2D eigenvalue weighted by Crippen LogP contribution is -2.69. The lowest BCUT2D eigenvalue weighted by molar-refractivity contribution is -0.217. The molecule has 1 saturated carbocycles. The number of cyclic esters (lactones) is 1. The van der Waals surface area contributed by atoms with Crippen molar-refractivity contribution in [2.24, 2.45) is 10.8 Å². The second-order valence-corrected chi connectivity index (χ2v) is 16.8. The van der Waals surface area contributed by atoms with Crippen molar-refractivity contribution < 1.29 is 57.6 Å². The fraction of sp³-hybridized carbons (Fsp3) is 0.432. The number of nitrogens with zero attached hydrogens (tertiary/aromatic N) is 1. The second-order valence-electron chi connectivity index (χ2n) is 16.8. The molecule has 5 fully saturated rings. The molecule has 0 unspecified atom stereocenters. The minimum atomic E-state index is -1.42. The van der Waals surface area contributed by atoms with Gasteiger partial charge in [0.2, 0.25) is 12.0 Å². The Bertz CT molecular complexity index is 2200.